The molecule has 0 aliphatic carbocycles. The summed E-state index contributed by atoms with van der Waals surface area (Å²) in [6.45, 7) is 8.04. The Labute approximate surface area is 159 Å². The standard InChI is InChI=1S/C20H20N4O2S/c1-10-16-17(25)12(9-22-19(16)27-24-10)18(26)23-15-7-11-5-6-21-14(11)8-13(15)20(2,3)4/h5-9,21H,1-4H3,(H,22,25)(H,23,26). The minimum Gasteiger partial charge on any atom is -0.361 e. The molecule has 0 aliphatic rings. The van der Waals surface area contributed by atoms with Gasteiger partial charge in [0.05, 0.1) is 11.1 Å². The van der Waals surface area contributed by atoms with Gasteiger partial charge in [-0.3, -0.25) is 9.59 Å². The van der Waals surface area contributed by atoms with E-state index >= 15 is 0 Å². The monoisotopic (exact) mass is 380 g/mol. The molecule has 0 bridgehead atoms. The Morgan fingerprint density at radius 2 is 2.00 bits per heavy atom. The number of benzene rings is 1. The van der Waals surface area contributed by atoms with E-state index in [0.29, 0.717) is 21.6 Å². The predicted octanol–water partition coefficient (Wildman–Crippen LogP) is 4.32. The average Bonchev–Trinajstić information content (AvgIpc) is 3.20. The molecule has 0 aliphatic heterocycles. The van der Waals surface area contributed by atoms with Crippen LogP contribution in [0.1, 0.15) is 42.4 Å². The fourth-order valence-electron chi connectivity index (χ4n) is 3.26. The fraction of sp³-hybridized carbons (Fsp3) is 0.250. The van der Waals surface area contributed by atoms with E-state index in [1.807, 2.05) is 24.4 Å². The molecule has 0 unspecified atom stereocenters. The van der Waals surface area contributed by atoms with E-state index in [2.05, 4.69) is 40.4 Å². The fourth-order valence-corrected chi connectivity index (χ4v) is 4.02. The summed E-state index contributed by atoms with van der Waals surface area (Å²) in [5, 5.41) is 4.42. The number of hydrogen-bond acceptors (Lipinski definition) is 4. The van der Waals surface area contributed by atoms with E-state index < -0.39 is 5.91 Å². The minimum atomic E-state index is -0.427. The zero-order chi connectivity index (χ0) is 19.3. The van der Waals surface area contributed by atoms with Crippen LogP contribution in [0.5, 0.6) is 0 Å². The molecule has 27 heavy (non-hydrogen) atoms. The molecule has 7 heteroatoms. The number of carbonyl (C=O) groups is 1. The van der Waals surface area contributed by atoms with E-state index in [-0.39, 0.29) is 16.4 Å². The maximum Gasteiger partial charge on any atom is 0.261 e. The molecular weight excluding hydrogens is 360 g/mol. The maximum atomic E-state index is 12.9. The number of pyridine rings is 1. The van der Waals surface area contributed by atoms with Crippen LogP contribution in [-0.4, -0.2) is 20.2 Å². The van der Waals surface area contributed by atoms with E-state index in [1.165, 1.54) is 17.7 Å². The lowest BCUT2D eigenvalue weighted by Gasteiger charge is -2.23. The Morgan fingerprint density at radius 1 is 1.22 bits per heavy atom. The first-order chi connectivity index (χ1) is 12.8. The van der Waals surface area contributed by atoms with Crippen LogP contribution in [0, 0.1) is 6.92 Å². The normalized spacial score (nSPS) is 12.0. The number of hydrogen-bond donors (Lipinski definition) is 3. The van der Waals surface area contributed by atoms with Crippen molar-refractivity contribution in [3.63, 3.8) is 0 Å². The highest BCUT2D eigenvalue weighted by atomic mass is 32.1. The second kappa shape index (κ2) is 6.06. The molecule has 1 aromatic carbocycles. The summed E-state index contributed by atoms with van der Waals surface area (Å²) in [4.78, 5) is 32.6. The lowest BCUT2D eigenvalue weighted by atomic mass is 9.85. The Kier molecular flexibility index (Phi) is 3.92. The first kappa shape index (κ1) is 17.5. The number of nitrogens with one attached hydrogen (secondary N) is 3. The van der Waals surface area contributed by atoms with Gasteiger partial charge in [-0.1, -0.05) is 20.8 Å². The van der Waals surface area contributed by atoms with Crippen LogP contribution in [0.15, 0.2) is 35.4 Å². The molecule has 6 nitrogen and oxygen atoms in total. The second-order valence-electron chi connectivity index (χ2n) is 7.67. The summed E-state index contributed by atoms with van der Waals surface area (Å²) in [6.07, 6.45) is 3.33. The van der Waals surface area contributed by atoms with Crippen molar-refractivity contribution >= 4 is 44.2 Å². The van der Waals surface area contributed by atoms with Crippen LogP contribution in [0.4, 0.5) is 5.69 Å². The lowest BCUT2D eigenvalue weighted by molar-refractivity contribution is 0.102. The summed E-state index contributed by atoms with van der Waals surface area (Å²) >= 11 is 1.22. The summed E-state index contributed by atoms with van der Waals surface area (Å²) in [5.41, 5.74) is 2.96. The highest BCUT2D eigenvalue weighted by Crippen LogP contribution is 2.33. The Balaban J connectivity index is 1.80. The molecule has 0 saturated heterocycles. The summed E-state index contributed by atoms with van der Waals surface area (Å²) in [5.74, 6) is -0.427. The van der Waals surface area contributed by atoms with Crippen molar-refractivity contribution in [1.29, 1.82) is 0 Å². The van der Waals surface area contributed by atoms with Gasteiger partial charge in [0.1, 0.15) is 10.4 Å². The van der Waals surface area contributed by atoms with E-state index in [9.17, 15) is 9.59 Å². The molecule has 1 amide bonds. The number of nitrogens with zero attached hydrogens (tertiary/aromatic N) is 1. The van der Waals surface area contributed by atoms with Crippen LogP contribution < -0.4 is 10.7 Å². The Hall–Kier alpha value is -2.93. The van der Waals surface area contributed by atoms with Crippen molar-refractivity contribution < 1.29 is 4.79 Å². The topological polar surface area (TPSA) is 90.6 Å². The Bertz CT molecular complexity index is 1240. The first-order valence-electron chi connectivity index (χ1n) is 8.66. The van der Waals surface area contributed by atoms with Gasteiger partial charge in [-0.2, -0.15) is 4.37 Å². The third-order valence-electron chi connectivity index (χ3n) is 4.67. The molecule has 3 aromatic heterocycles. The molecule has 3 heterocycles. The van der Waals surface area contributed by atoms with Crippen molar-refractivity contribution in [2.24, 2.45) is 0 Å². The van der Waals surface area contributed by atoms with Crippen molar-refractivity contribution in [2.45, 2.75) is 33.1 Å². The van der Waals surface area contributed by atoms with Gasteiger partial charge in [-0.05, 0) is 47.6 Å². The number of aromatic nitrogens is 3. The molecule has 4 rings (SSSR count). The molecule has 3 N–H and O–H groups in total. The number of amides is 1. The highest BCUT2D eigenvalue weighted by molar-refractivity contribution is 7.12. The van der Waals surface area contributed by atoms with Gasteiger partial charge in [-0.25, -0.2) is 0 Å². The number of aromatic amines is 2. The van der Waals surface area contributed by atoms with Crippen molar-refractivity contribution in [3.05, 3.63) is 57.6 Å². The molecular formula is C20H20N4O2S. The van der Waals surface area contributed by atoms with Gasteiger partial charge in [0, 0.05) is 29.0 Å². The molecule has 0 spiro atoms. The van der Waals surface area contributed by atoms with Gasteiger partial charge >= 0.3 is 0 Å². The van der Waals surface area contributed by atoms with Gasteiger partial charge in [-0.15, -0.1) is 0 Å². The van der Waals surface area contributed by atoms with E-state index in [1.54, 1.807) is 6.92 Å². The molecule has 4 aromatic rings. The second-order valence-corrected chi connectivity index (χ2v) is 8.44. The smallest absolute Gasteiger partial charge is 0.261 e. The average molecular weight is 380 g/mol. The number of aryl methyl sites for hydroxylation is 1. The number of anilines is 1. The molecule has 0 atom stereocenters. The van der Waals surface area contributed by atoms with Gasteiger partial charge in [0.2, 0.25) is 5.43 Å². The zero-order valence-electron chi connectivity index (χ0n) is 15.6. The summed E-state index contributed by atoms with van der Waals surface area (Å²) in [6, 6.07) is 5.94. The largest absolute Gasteiger partial charge is 0.361 e. The number of carbonyl (C=O) groups excluding carboxylic acids is 1. The van der Waals surface area contributed by atoms with Crippen LogP contribution in [0.3, 0.4) is 0 Å². The lowest BCUT2D eigenvalue weighted by Crippen LogP contribution is -2.24. The number of H-pyrrole nitrogens is 2. The summed E-state index contributed by atoms with van der Waals surface area (Å²) < 4.78 is 4.19. The SMILES string of the molecule is Cc1nsc2[nH]cc(C(=O)Nc3cc4cc[nH]c4cc3C(C)(C)C)c(=O)c12. The quantitative estimate of drug-likeness (QED) is 0.483. The van der Waals surface area contributed by atoms with Crippen molar-refractivity contribution in [1.82, 2.24) is 14.3 Å². The summed E-state index contributed by atoms with van der Waals surface area (Å²) in [7, 11) is 0. The van der Waals surface area contributed by atoms with Gasteiger partial charge < -0.3 is 15.3 Å². The maximum absolute atomic E-state index is 12.9. The predicted molar refractivity (Wildman–Crippen MR) is 110 cm³/mol. The van der Waals surface area contributed by atoms with Gasteiger partial charge in [0.25, 0.3) is 5.91 Å². The third-order valence-corrected chi connectivity index (χ3v) is 5.54. The van der Waals surface area contributed by atoms with Crippen LogP contribution in [0.25, 0.3) is 21.1 Å². The zero-order valence-corrected chi connectivity index (χ0v) is 16.4. The Morgan fingerprint density at radius 3 is 2.74 bits per heavy atom. The first-order valence-corrected chi connectivity index (χ1v) is 9.43. The van der Waals surface area contributed by atoms with Crippen LogP contribution >= 0.6 is 11.5 Å². The van der Waals surface area contributed by atoms with Crippen LogP contribution in [0.2, 0.25) is 0 Å². The van der Waals surface area contributed by atoms with Crippen molar-refractivity contribution in [3.8, 4) is 0 Å². The van der Waals surface area contributed by atoms with E-state index in [4.69, 9.17) is 0 Å². The van der Waals surface area contributed by atoms with Crippen molar-refractivity contribution in [2.75, 3.05) is 5.32 Å². The van der Waals surface area contributed by atoms with Gasteiger partial charge in [0.15, 0.2) is 0 Å². The number of rotatable bonds is 2. The third kappa shape index (κ3) is 2.94. The number of fused-ring (bicyclic) bond motifs is 2. The van der Waals surface area contributed by atoms with Crippen LogP contribution in [-0.2, 0) is 5.41 Å². The molecule has 0 saturated carbocycles. The van der Waals surface area contributed by atoms with E-state index in [0.717, 1.165) is 16.5 Å². The molecule has 138 valence electrons. The minimum absolute atomic E-state index is 0.0832. The highest BCUT2D eigenvalue weighted by Gasteiger charge is 2.22. The molecule has 0 fully saturated rings. The molecule has 0 radical (unpaired) electrons.